The Bertz CT molecular complexity index is 1990. The summed E-state index contributed by atoms with van der Waals surface area (Å²) in [5.74, 6) is -1.39. The molecule has 216 valence electrons. The summed E-state index contributed by atoms with van der Waals surface area (Å²) in [7, 11) is 0. The third-order valence-electron chi connectivity index (χ3n) is 7.12. The van der Waals surface area contributed by atoms with E-state index >= 15 is 0 Å². The minimum absolute atomic E-state index is 0.0138. The van der Waals surface area contributed by atoms with Crippen LogP contribution in [0.3, 0.4) is 0 Å². The van der Waals surface area contributed by atoms with Crippen LogP contribution in [0.1, 0.15) is 40.9 Å². The van der Waals surface area contributed by atoms with Crippen LogP contribution in [0, 0.1) is 22.7 Å². The van der Waals surface area contributed by atoms with Crippen molar-refractivity contribution in [2.75, 3.05) is 11.1 Å². The maximum absolute atomic E-state index is 13.2. The number of fused-ring (bicyclic) bond motifs is 1. The maximum Gasteiger partial charge on any atom is 0.336 e. The number of anilines is 2. The van der Waals surface area contributed by atoms with Gasteiger partial charge in [-0.05, 0) is 48.7 Å². The number of pyridine rings is 2. The molecule has 44 heavy (non-hydrogen) atoms. The van der Waals surface area contributed by atoms with E-state index in [1.807, 2.05) is 31.2 Å². The van der Waals surface area contributed by atoms with Crippen molar-refractivity contribution in [1.82, 2.24) is 9.97 Å². The third kappa shape index (κ3) is 5.93. The molecule has 1 amide bonds. The maximum atomic E-state index is 13.2. The minimum Gasteiger partial charge on any atom is -0.478 e. The summed E-state index contributed by atoms with van der Waals surface area (Å²) in [5, 5.41) is 32.6. The standard InChI is InChI=1S/C34H26N6O3S/c1-3-20-8-10-22(11-9-20)30-26(17-35)31(37)40-33(27(30)18-36)44-19(2)32(41)38-23-14-12-21(13-15-23)29-16-25(34(42)43)24-6-4-5-7-28(24)39-29/h4-16,19H,3H2,1-2H3,(H2,37,40)(H,38,41)(H,42,43). The molecule has 0 saturated carbocycles. The highest BCUT2D eigenvalue weighted by Crippen LogP contribution is 2.37. The van der Waals surface area contributed by atoms with Crippen molar-refractivity contribution in [3.63, 3.8) is 0 Å². The molecule has 5 rings (SSSR count). The van der Waals surface area contributed by atoms with Gasteiger partial charge < -0.3 is 16.2 Å². The van der Waals surface area contributed by atoms with E-state index in [0.29, 0.717) is 39.0 Å². The van der Waals surface area contributed by atoms with Gasteiger partial charge in [0.1, 0.15) is 28.5 Å². The van der Waals surface area contributed by atoms with Crippen molar-refractivity contribution in [2.24, 2.45) is 0 Å². The van der Waals surface area contributed by atoms with Gasteiger partial charge in [0.05, 0.1) is 27.6 Å². The largest absolute Gasteiger partial charge is 0.478 e. The number of thioether (sulfide) groups is 1. The Labute approximate surface area is 258 Å². The minimum atomic E-state index is -1.04. The number of nitrogen functional groups attached to an aromatic ring is 1. The number of carboxylic acids is 1. The van der Waals surface area contributed by atoms with E-state index in [0.717, 1.165) is 23.7 Å². The molecule has 0 spiro atoms. The van der Waals surface area contributed by atoms with E-state index in [4.69, 9.17) is 5.73 Å². The van der Waals surface area contributed by atoms with Gasteiger partial charge in [-0.3, -0.25) is 4.79 Å². The molecule has 3 aromatic carbocycles. The molecular weight excluding hydrogens is 572 g/mol. The number of carboxylic acid groups (broad SMARTS) is 1. The number of aromatic carboxylic acids is 1. The molecule has 5 aromatic rings. The number of aromatic nitrogens is 2. The van der Waals surface area contributed by atoms with Crippen LogP contribution < -0.4 is 11.1 Å². The number of nitrogens with two attached hydrogens (primary N) is 1. The SMILES string of the molecule is CCc1ccc(-c2c(C#N)c(N)nc(SC(C)C(=O)Nc3ccc(-c4cc(C(=O)O)c5ccccc5n4)cc3)c2C#N)cc1. The fourth-order valence-electron chi connectivity index (χ4n) is 4.77. The molecule has 0 aliphatic rings. The molecule has 9 nitrogen and oxygen atoms in total. The van der Waals surface area contributed by atoms with Crippen LogP contribution in [0.25, 0.3) is 33.3 Å². The van der Waals surface area contributed by atoms with Gasteiger partial charge in [0.2, 0.25) is 5.91 Å². The van der Waals surface area contributed by atoms with Crippen molar-refractivity contribution in [2.45, 2.75) is 30.5 Å². The average Bonchev–Trinajstić information content (AvgIpc) is 3.04. The number of nitriles is 2. The van der Waals surface area contributed by atoms with E-state index < -0.39 is 11.2 Å². The first-order valence-electron chi connectivity index (χ1n) is 13.7. The van der Waals surface area contributed by atoms with Crippen LogP contribution >= 0.6 is 11.8 Å². The quantitative estimate of drug-likeness (QED) is 0.165. The molecule has 0 bridgehead atoms. The second-order valence-electron chi connectivity index (χ2n) is 9.91. The molecule has 0 radical (unpaired) electrons. The number of para-hydroxylation sites is 1. The van der Waals surface area contributed by atoms with E-state index in [-0.39, 0.29) is 33.4 Å². The molecule has 2 heterocycles. The lowest BCUT2D eigenvalue weighted by molar-refractivity contribution is -0.115. The van der Waals surface area contributed by atoms with Gasteiger partial charge in [0.25, 0.3) is 0 Å². The van der Waals surface area contributed by atoms with Gasteiger partial charge >= 0.3 is 5.97 Å². The monoisotopic (exact) mass is 598 g/mol. The van der Waals surface area contributed by atoms with Gasteiger partial charge in [0.15, 0.2) is 0 Å². The zero-order chi connectivity index (χ0) is 31.4. The Morgan fingerprint density at radius 3 is 2.25 bits per heavy atom. The molecule has 0 aliphatic carbocycles. The van der Waals surface area contributed by atoms with Gasteiger partial charge in [-0.25, -0.2) is 14.8 Å². The number of hydrogen-bond donors (Lipinski definition) is 3. The first-order chi connectivity index (χ1) is 21.2. The molecule has 1 unspecified atom stereocenters. The van der Waals surface area contributed by atoms with Gasteiger partial charge in [0, 0.05) is 22.2 Å². The van der Waals surface area contributed by atoms with E-state index in [1.165, 1.54) is 6.07 Å². The number of aryl methyl sites for hydroxylation is 1. The number of nitrogens with zero attached hydrogens (tertiary/aromatic N) is 4. The summed E-state index contributed by atoms with van der Waals surface area (Å²) in [4.78, 5) is 33.9. The first kappa shape index (κ1) is 29.8. The first-order valence-corrected chi connectivity index (χ1v) is 14.6. The van der Waals surface area contributed by atoms with Crippen molar-refractivity contribution in [1.29, 1.82) is 10.5 Å². The lowest BCUT2D eigenvalue weighted by atomic mass is 9.96. The van der Waals surface area contributed by atoms with Gasteiger partial charge in [-0.1, -0.05) is 73.3 Å². The van der Waals surface area contributed by atoms with Crippen molar-refractivity contribution >= 4 is 46.0 Å². The highest BCUT2D eigenvalue weighted by Gasteiger charge is 2.24. The van der Waals surface area contributed by atoms with E-state index in [9.17, 15) is 25.2 Å². The number of benzene rings is 3. The fraction of sp³-hybridized carbons (Fsp3) is 0.118. The molecule has 0 aliphatic heterocycles. The molecular formula is C34H26N6O3S. The summed E-state index contributed by atoms with van der Waals surface area (Å²) >= 11 is 1.08. The zero-order valence-electron chi connectivity index (χ0n) is 23.8. The second-order valence-corrected chi connectivity index (χ2v) is 11.2. The third-order valence-corrected chi connectivity index (χ3v) is 8.21. The van der Waals surface area contributed by atoms with Crippen LogP contribution in [0.15, 0.2) is 83.9 Å². The number of rotatable bonds is 8. The van der Waals surface area contributed by atoms with E-state index in [1.54, 1.807) is 55.5 Å². The number of amides is 1. The normalized spacial score (nSPS) is 11.4. The summed E-state index contributed by atoms with van der Waals surface area (Å²) in [6.45, 7) is 3.73. The topological polar surface area (TPSA) is 166 Å². The predicted octanol–water partition coefficient (Wildman–Crippen LogP) is 6.67. The lowest BCUT2D eigenvalue weighted by Gasteiger charge is -2.16. The summed E-state index contributed by atoms with van der Waals surface area (Å²) in [6, 6.07) is 27.3. The van der Waals surface area contributed by atoms with E-state index in [2.05, 4.69) is 27.4 Å². The van der Waals surface area contributed by atoms with Gasteiger partial charge in [-0.15, -0.1) is 0 Å². The number of carbonyl (C=O) groups is 2. The predicted molar refractivity (Wildman–Crippen MR) is 171 cm³/mol. The Kier molecular flexibility index (Phi) is 8.56. The highest BCUT2D eigenvalue weighted by molar-refractivity contribution is 8.00. The summed E-state index contributed by atoms with van der Waals surface area (Å²) in [6.07, 6.45) is 0.845. The van der Waals surface area contributed by atoms with Crippen LogP contribution in [-0.2, 0) is 11.2 Å². The molecule has 10 heteroatoms. The van der Waals surface area contributed by atoms with Crippen LogP contribution in [0.2, 0.25) is 0 Å². The lowest BCUT2D eigenvalue weighted by Crippen LogP contribution is -2.22. The summed E-state index contributed by atoms with van der Waals surface area (Å²) < 4.78 is 0. The molecule has 4 N–H and O–H groups in total. The highest BCUT2D eigenvalue weighted by atomic mass is 32.2. The van der Waals surface area contributed by atoms with Crippen molar-refractivity contribution in [3.05, 3.63) is 101 Å². The van der Waals surface area contributed by atoms with Gasteiger partial charge in [-0.2, -0.15) is 10.5 Å². The molecule has 0 saturated heterocycles. The van der Waals surface area contributed by atoms with Crippen molar-refractivity contribution in [3.8, 4) is 34.5 Å². The zero-order valence-corrected chi connectivity index (χ0v) is 24.6. The Morgan fingerprint density at radius 2 is 1.61 bits per heavy atom. The fourth-order valence-corrected chi connectivity index (χ4v) is 5.69. The molecule has 0 fully saturated rings. The van der Waals surface area contributed by atoms with Crippen LogP contribution in [0.5, 0.6) is 0 Å². The average molecular weight is 599 g/mol. The van der Waals surface area contributed by atoms with Crippen LogP contribution in [-0.4, -0.2) is 32.2 Å². The Morgan fingerprint density at radius 1 is 0.955 bits per heavy atom. The molecule has 2 aromatic heterocycles. The Balaban J connectivity index is 1.37. The number of carbonyl (C=O) groups excluding carboxylic acids is 1. The number of nitrogens with one attached hydrogen (secondary N) is 1. The van der Waals surface area contributed by atoms with Crippen molar-refractivity contribution < 1.29 is 14.7 Å². The Hall–Kier alpha value is -5.71. The molecule has 1 atom stereocenters. The number of hydrogen-bond acceptors (Lipinski definition) is 8. The second kappa shape index (κ2) is 12.7. The smallest absolute Gasteiger partial charge is 0.336 e. The van der Waals surface area contributed by atoms with Crippen LogP contribution in [0.4, 0.5) is 11.5 Å². The summed E-state index contributed by atoms with van der Waals surface area (Å²) in [5.41, 5.74) is 11.0.